The van der Waals surface area contributed by atoms with Crippen LogP contribution in [0.5, 0.6) is 0 Å². The number of ether oxygens (including phenoxy) is 1. The zero-order valence-electron chi connectivity index (χ0n) is 15.4. The van der Waals surface area contributed by atoms with Crippen LogP contribution < -0.4 is 0 Å². The van der Waals surface area contributed by atoms with Gasteiger partial charge in [-0.25, -0.2) is 4.68 Å². The van der Waals surface area contributed by atoms with Gasteiger partial charge < -0.3 is 4.74 Å². The highest BCUT2D eigenvalue weighted by atomic mass is 35.5. The summed E-state index contributed by atoms with van der Waals surface area (Å²) >= 11 is 6.86. The van der Waals surface area contributed by atoms with Crippen LogP contribution in [0, 0.1) is 0 Å². The van der Waals surface area contributed by atoms with Gasteiger partial charge in [-0.3, -0.25) is 0 Å². The van der Waals surface area contributed by atoms with E-state index in [1.54, 1.807) is 0 Å². The van der Waals surface area contributed by atoms with E-state index in [4.69, 9.17) is 21.4 Å². The largest absolute Gasteiger partial charge is 0.379 e. The monoisotopic (exact) mass is 380 g/mol. The van der Waals surface area contributed by atoms with Crippen molar-refractivity contribution in [3.63, 3.8) is 0 Å². The van der Waals surface area contributed by atoms with Gasteiger partial charge in [0.05, 0.1) is 23.1 Å². The van der Waals surface area contributed by atoms with Crippen LogP contribution >= 0.6 is 11.6 Å². The summed E-state index contributed by atoms with van der Waals surface area (Å²) in [6.07, 6.45) is 6.98. The first kappa shape index (κ1) is 17.9. The van der Waals surface area contributed by atoms with E-state index in [1.165, 1.54) is 0 Å². The Morgan fingerprint density at radius 1 is 1.22 bits per heavy atom. The molecule has 1 atom stereocenters. The molecule has 6 heteroatoms. The fourth-order valence-electron chi connectivity index (χ4n) is 3.43. The maximum absolute atomic E-state index is 6.86. The molecule has 4 rings (SSSR count). The zero-order chi connectivity index (χ0) is 18.8. The van der Waals surface area contributed by atoms with Gasteiger partial charge in [-0.15, -0.1) is 10.2 Å². The summed E-state index contributed by atoms with van der Waals surface area (Å²) in [5, 5.41) is 15.3. The van der Waals surface area contributed by atoms with Crippen LogP contribution in [0.4, 0.5) is 0 Å². The lowest BCUT2D eigenvalue weighted by Crippen LogP contribution is -2.11. The standard InChI is InChI=1S/C21H21ClN4O/c1-3-8-14(4-2)19-17-18(22)20(15-9-6-5-7-10-15)23-24-21(17)26(25-19)16-11-12-27-13-16/h3-10,16H,11-13H2,1-2H3/b8-3-,14-4+. The third kappa shape index (κ3) is 3.17. The minimum atomic E-state index is 0.151. The number of fused-ring (bicyclic) bond motifs is 1. The van der Waals surface area contributed by atoms with Crippen LogP contribution in [0.3, 0.4) is 0 Å². The molecule has 0 saturated carbocycles. The summed E-state index contributed by atoms with van der Waals surface area (Å²) in [6, 6.07) is 10.0. The van der Waals surface area contributed by atoms with Gasteiger partial charge in [-0.1, -0.05) is 60.2 Å². The lowest BCUT2D eigenvalue weighted by Gasteiger charge is -2.09. The first-order chi connectivity index (χ1) is 13.2. The quantitative estimate of drug-likeness (QED) is 0.592. The van der Waals surface area contributed by atoms with Gasteiger partial charge in [0.1, 0.15) is 11.4 Å². The van der Waals surface area contributed by atoms with Crippen molar-refractivity contribution in [1.82, 2.24) is 20.0 Å². The smallest absolute Gasteiger partial charge is 0.182 e. The van der Waals surface area contributed by atoms with Crippen LogP contribution in [0.25, 0.3) is 27.9 Å². The SMILES string of the molecule is C/C=C\C(=C/C)c1nn(C2CCOC2)c2nnc(-c3ccccc3)c(Cl)c12. The Balaban J connectivity index is 1.99. The van der Waals surface area contributed by atoms with Gasteiger partial charge in [0.2, 0.25) is 0 Å². The van der Waals surface area contributed by atoms with E-state index in [2.05, 4.69) is 10.2 Å². The minimum absolute atomic E-state index is 0.151. The molecule has 1 saturated heterocycles. The Labute approximate surface area is 163 Å². The lowest BCUT2D eigenvalue weighted by molar-refractivity contribution is 0.185. The Morgan fingerprint density at radius 2 is 2.04 bits per heavy atom. The van der Waals surface area contributed by atoms with Crippen molar-refractivity contribution in [2.45, 2.75) is 26.3 Å². The Hall–Kier alpha value is -2.50. The third-order valence-corrected chi connectivity index (χ3v) is 5.15. The highest BCUT2D eigenvalue weighted by Gasteiger charge is 2.26. The predicted molar refractivity (Wildman–Crippen MR) is 109 cm³/mol. The van der Waals surface area contributed by atoms with Gasteiger partial charge in [0.15, 0.2) is 5.65 Å². The molecule has 1 fully saturated rings. The number of aromatic nitrogens is 4. The highest BCUT2D eigenvalue weighted by Crippen LogP contribution is 2.37. The molecule has 0 amide bonds. The van der Waals surface area contributed by atoms with Crippen LogP contribution in [-0.4, -0.2) is 33.2 Å². The van der Waals surface area contributed by atoms with E-state index in [-0.39, 0.29) is 6.04 Å². The first-order valence-corrected chi connectivity index (χ1v) is 9.49. The highest BCUT2D eigenvalue weighted by molar-refractivity contribution is 6.38. The summed E-state index contributed by atoms with van der Waals surface area (Å²) in [6.45, 7) is 5.35. The summed E-state index contributed by atoms with van der Waals surface area (Å²) in [4.78, 5) is 0. The molecule has 3 aromatic rings. The molecule has 5 nitrogen and oxygen atoms in total. The molecule has 2 aromatic heterocycles. The fraction of sp³-hybridized carbons (Fsp3) is 0.286. The summed E-state index contributed by atoms with van der Waals surface area (Å²) in [5.74, 6) is 0. The molecule has 1 unspecified atom stereocenters. The number of allylic oxidation sites excluding steroid dienone is 4. The van der Waals surface area contributed by atoms with E-state index in [9.17, 15) is 0 Å². The molecule has 0 spiro atoms. The molecule has 0 N–H and O–H groups in total. The van der Waals surface area contributed by atoms with Crippen molar-refractivity contribution >= 4 is 28.2 Å². The summed E-state index contributed by atoms with van der Waals surface area (Å²) < 4.78 is 7.49. The second-order valence-corrected chi connectivity index (χ2v) is 6.86. The molecular weight excluding hydrogens is 360 g/mol. The van der Waals surface area contributed by atoms with Crippen molar-refractivity contribution < 1.29 is 4.74 Å². The molecule has 1 aliphatic heterocycles. The Morgan fingerprint density at radius 3 is 2.70 bits per heavy atom. The Bertz CT molecular complexity index is 1020. The van der Waals surface area contributed by atoms with E-state index in [0.717, 1.165) is 35.2 Å². The number of rotatable bonds is 4. The molecular formula is C21H21ClN4O. The van der Waals surface area contributed by atoms with Gasteiger partial charge in [-0.2, -0.15) is 5.10 Å². The molecule has 138 valence electrons. The lowest BCUT2D eigenvalue weighted by atomic mass is 10.1. The maximum Gasteiger partial charge on any atom is 0.182 e. The van der Waals surface area contributed by atoms with Crippen LogP contribution in [-0.2, 0) is 4.74 Å². The van der Waals surface area contributed by atoms with Crippen molar-refractivity contribution in [1.29, 1.82) is 0 Å². The van der Waals surface area contributed by atoms with Crippen LogP contribution in [0.2, 0.25) is 5.02 Å². The van der Waals surface area contributed by atoms with Gasteiger partial charge in [0, 0.05) is 12.2 Å². The number of benzene rings is 1. The molecule has 0 aliphatic carbocycles. The van der Waals surface area contributed by atoms with Gasteiger partial charge in [-0.05, 0) is 25.8 Å². The van der Waals surface area contributed by atoms with Gasteiger partial charge >= 0.3 is 0 Å². The topological polar surface area (TPSA) is 52.8 Å². The second-order valence-electron chi connectivity index (χ2n) is 6.48. The molecule has 3 heterocycles. The van der Waals surface area contributed by atoms with Gasteiger partial charge in [0.25, 0.3) is 0 Å². The molecule has 1 aromatic carbocycles. The van der Waals surface area contributed by atoms with E-state index in [1.807, 2.05) is 67.1 Å². The first-order valence-electron chi connectivity index (χ1n) is 9.11. The van der Waals surface area contributed by atoms with Crippen molar-refractivity contribution in [2.75, 3.05) is 13.2 Å². The molecule has 1 aliphatic rings. The number of halogens is 1. The van der Waals surface area contributed by atoms with Crippen LogP contribution in [0.1, 0.15) is 32.0 Å². The summed E-state index contributed by atoms with van der Waals surface area (Å²) in [7, 11) is 0. The maximum atomic E-state index is 6.86. The average molecular weight is 381 g/mol. The van der Waals surface area contributed by atoms with Crippen molar-refractivity contribution in [2.24, 2.45) is 0 Å². The van der Waals surface area contributed by atoms with E-state index >= 15 is 0 Å². The predicted octanol–water partition coefficient (Wildman–Crippen LogP) is 5.09. The fourth-order valence-corrected chi connectivity index (χ4v) is 3.75. The molecule has 27 heavy (non-hydrogen) atoms. The summed E-state index contributed by atoms with van der Waals surface area (Å²) in [5.41, 5.74) is 4.15. The van der Waals surface area contributed by atoms with E-state index in [0.29, 0.717) is 23.0 Å². The third-order valence-electron chi connectivity index (χ3n) is 4.79. The molecule has 0 radical (unpaired) electrons. The van der Waals surface area contributed by atoms with Crippen LogP contribution in [0.15, 0.2) is 48.6 Å². The number of nitrogens with zero attached hydrogens (tertiary/aromatic N) is 4. The number of hydrogen-bond donors (Lipinski definition) is 0. The van der Waals surface area contributed by atoms with E-state index < -0.39 is 0 Å². The second kappa shape index (κ2) is 7.62. The van der Waals surface area contributed by atoms with Crippen molar-refractivity contribution in [3.8, 4) is 11.3 Å². The Kier molecular flexibility index (Phi) is 5.05. The average Bonchev–Trinajstić information content (AvgIpc) is 3.35. The normalized spacial score (nSPS) is 18.0. The zero-order valence-corrected chi connectivity index (χ0v) is 16.1. The molecule has 0 bridgehead atoms. The van der Waals surface area contributed by atoms with Crippen molar-refractivity contribution in [3.05, 3.63) is 59.3 Å². The minimum Gasteiger partial charge on any atom is -0.379 e. The number of hydrogen-bond acceptors (Lipinski definition) is 4.